The van der Waals surface area contributed by atoms with Gasteiger partial charge in [-0.25, -0.2) is 0 Å². The molecule has 92 valence electrons. The number of benzene rings is 1. The standard InChI is InChI=1S/C13H14Cl2O2/c14-11-6-2-4-9(12(11)15)7-8-3-1-5-10(8)13(16)17/h2,4,6,8,10H,1,3,5,7H2,(H,16,17). The average molecular weight is 273 g/mol. The van der Waals surface area contributed by atoms with E-state index >= 15 is 0 Å². The summed E-state index contributed by atoms with van der Waals surface area (Å²) in [6.07, 6.45) is 3.42. The molecule has 0 saturated heterocycles. The first kappa shape index (κ1) is 12.7. The van der Waals surface area contributed by atoms with E-state index in [-0.39, 0.29) is 11.8 Å². The molecule has 0 spiro atoms. The second kappa shape index (κ2) is 5.28. The molecule has 1 aromatic rings. The molecule has 0 radical (unpaired) electrons. The van der Waals surface area contributed by atoms with Crippen LogP contribution in [0, 0.1) is 11.8 Å². The van der Waals surface area contributed by atoms with Crippen LogP contribution in [-0.2, 0) is 11.2 Å². The first-order valence-electron chi connectivity index (χ1n) is 5.75. The third-order valence-corrected chi connectivity index (χ3v) is 4.35. The van der Waals surface area contributed by atoms with Crippen molar-refractivity contribution in [1.29, 1.82) is 0 Å². The average Bonchev–Trinajstić information content (AvgIpc) is 2.73. The van der Waals surface area contributed by atoms with Gasteiger partial charge in [0.1, 0.15) is 0 Å². The second-order valence-electron chi connectivity index (χ2n) is 4.55. The molecule has 1 aromatic carbocycles. The van der Waals surface area contributed by atoms with Gasteiger partial charge in [0.2, 0.25) is 0 Å². The van der Waals surface area contributed by atoms with E-state index in [2.05, 4.69) is 0 Å². The molecule has 0 heterocycles. The number of hydrogen-bond donors (Lipinski definition) is 1. The summed E-state index contributed by atoms with van der Waals surface area (Å²) in [6.45, 7) is 0. The molecule has 0 bridgehead atoms. The maximum absolute atomic E-state index is 11.1. The van der Waals surface area contributed by atoms with E-state index < -0.39 is 5.97 Å². The lowest BCUT2D eigenvalue weighted by molar-refractivity contribution is -0.142. The van der Waals surface area contributed by atoms with Gasteiger partial charge in [0.25, 0.3) is 0 Å². The third kappa shape index (κ3) is 2.75. The van der Waals surface area contributed by atoms with Gasteiger partial charge in [0.15, 0.2) is 0 Å². The highest BCUT2D eigenvalue weighted by molar-refractivity contribution is 6.42. The fourth-order valence-corrected chi connectivity index (χ4v) is 2.99. The van der Waals surface area contributed by atoms with Crippen molar-refractivity contribution < 1.29 is 9.90 Å². The van der Waals surface area contributed by atoms with Crippen LogP contribution in [0.15, 0.2) is 18.2 Å². The van der Waals surface area contributed by atoms with Crippen LogP contribution in [0.5, 0.6) is 0 Å². The Kier molecular flexibility index (Phi) is 3.95. The second-order valence-corrected chi connectivity index (χ2v) is 5.34. The molecule has 1 aliphatic carbocycles. The molecule has 2 unspecified atom stereocenters. The Morgan fingerprint density at radius 1 is 1.35 bits per heavy atom. The molecular formula is C13H14Cl2O2. The van der Waals surface area contributed by atoms with Gasteiger partial charge in [-0.05, 0) is 36.8 Å². The summed E-state index contributed by atoms with van der Waals surface area (Å²) in [5, 5.41) is 10.2. The third-order valence-electron chi connectivity index (χ3n) is 3.49. The zero-order valence-corrected chi connectivity index (χ0v) is 10.8. The maximum atomic E-state index is 11.1. The molecular weight excluding hydrogens is 259 g/mol. The van der Waals surface area contributed by atoms with Crippen LogP contribution >= 0.6 is 23.2 Å². The van der Waals surface area contributed by atoms with Crippen LogP contribution in [0.4, 0.5) is 0 Å². The van der Waals surface area contributed by atoms with Crippen molar-refractivity contribution >= 4 is 29.2 Å². The Morgan fingerprint density at radius 3 is 2.82 bits per heavy atom. The fraction of sp³-hybridized carbons (Fsp3) is 0.462. The summed E-state index contributed by atoms with van der Waals surface area (Å²) < 4.78 is 0. The van der Waals surface area contributed by atoms with E-state index in [0.29, 0.717) is 16.5 Å². The summed E-state index contributed by atoms with van der Waals surface area (Å²) in [4.78, 5) is 11.1. The van der Waals surface area contributed by atoms with Gasteiger partial charge in [-0.2, -0.15) is 0 Å². The predicted octanol–water partition coefficient (Wildman–Crippen LogP) is 4.04. The Morgan fingerprint density at radius 2 is 2.12 bits per heavy atom. The van der Waals surface area contributed by atoms with Crippen molar-refractivity contribution in [3.05, 3.63) is 33.8 Å². The van der Waals surface area contributed by atoms with Crippen molar-refractivity contribution in [2.24, 2.45) is 11.8 Å². The quantitative estimate of drug-likeness (QED) is 0.902. The van der Waals surface area contributed by atoms with E-state index in [9.17, 15) is 4.79 Å². The van der Waals surface area contributed by atoms with Crippen LogP contribution in [0.1, 0.15) is 24.8 Å². The van der Waals surface area contributed by atoms with Crippen LogP contribution in [0.3, 0.4) is 0 Å². The number of rotatable bonds is 3. The summed E-state index contributed by atoms with van der Waals surface area (Å²) in [6, 6.07) is 5.52. The summed E-state index contributed by atoms with van der Waals surface area (Å²) in [7, 11) is 0. The number of carboxylic acid groups (broad SMARTS) is 1. The van der Waals surface area contributed by atoms with Crippen molar-refractivity contribution in [2.45, 2.75) is 25.7 Å². The largest absolute Gasteiger partial charge is 0.481 e. The Bertz CT molecular complexity index is 431. The number of carboxylic acids is 1. The Labute approximate surface area is 111 Å². The molecule has 1 aliphatic rings. The molecule has 1 fully saturated rings. The van der Waals surface area contributed by atoms with Crippen molar-refractivity contribution in [3.63, 3.8) is 0 Å². The number of aliphatic carboxylic acids is 1. The number of hydrogen-bond acceptors (Lipinski definition) is 1. The molecule has 2 atom stereocenters. The van der Waals surface area contributed by atoms with Gasteiger partial charge >= 0.3 is 5.97 Å². The minimum atomic E-state index is -0.689. The maximum Gasteiger partial charge on any atom is 0.306 e. The number of carbonyl (C=O) groups is 1. The van der Waals surface area contributed by atoms with Gasteiger partial charge in [0, 0.05) is 0 Å². The molecule has 0 aliphatic heterocycles. The highest BCUT2D eigenvalue weighted by atomic mass is 35.5. The molecule has 0 amide bonds. The normalized spacial score (nSPS) is 23.9. The van der Waals surface area contributed by atoms with E-state index in [1.165, 1.54) is 0 Å². The first-order chi connectivity index (χ1) is 8.09. The highest BCUT2D eigenvalue weighted by Gasteiger charge is 2.33. The van der Waals surface area contributed by atoms with Gasteiger partial charge in [0.05, 0.1) is 16.0 Å². The molecule has 2 rings (SSSR count). The van der Waals surface area contributed by atoms with Crippen LogP contribution in [-0.4, -0.2) is 11.1 Å². The summed E-state index contributed by atoms with van der Waals surface area (Å²) in [5.74, 6) is -0.737. The molecule has 4 heteroatoms. The minimum Gasteiger partial charge on any atom is -0.481 e. The van der Waals surface area contributed by atoms with Gasteiger partial charge in [-0.1, -0.05) is 41.8 Å². The first-order valence-corrected chi connectivity index (χ1v) is 6.51. The van der Waals surface area contributed by atoms with E-state index in [1.54, 1.807) is 6.07 Å². The molecule has 1 saturated carbocycles. The Balaban J connectivity index is 2.15. The molecule has 0 aromatic heterocycles. The van der Waals surface area contributed by atoms with Crippen molar-refractivity contribution in [1.82, 2.24) is 0 Å². The van der Waals surface area contributed by atoms with Crippen LogP contribution in [0.2, 0.25) is 10.0 Å². The highest BCUT2D eigenvalue weighted by Crippen LogP contribution is 2.36. The van der Waals surface area contributed by atoms with Crippen LogP contribution < -0.4 is 0 Å². The van der Waals surface area contributed by atoms with Gasteiger partial charge in [-0.3, -0.25) is 4.79 Å². The zero-order chi connectivity index (χ0) is 12.4. The van der Waals surface area contributed by atoms with Crippen molar-refractivity contribution in [3.8, 4) is 0 Å². The SMILES string of the molecule is O=C(O)C1CCCC1Cc1cccc(Cl)c1Cl. The fourth-order valence-electron chi connectivity index (χ4n) is 2.59. The summed E-state index contributed by atoms with van der Waals surface area (Å²) >= 11 is 12.1. The number of halogens is 2. The smallest absolute Gasteiger partial charge is 0.306 e. The minimum absolute atomic E-state index is 0.184. The lowest BCUT2D eigenvalue weighted by atomic mass is 9.90. The monoisotopic (exact) mass is 272 g/mol. The zero-order valence-electron chi connectivity index (χ0n) is 9.33. The molecule has 2 nitrogen and oxygen atoms in total. The van der Waals surface area contributed by atoms with Gasteiger partial charge < -0.3 is 5.11 Å². The lowest BCUT2D eigenvalue weighted by Crippen LogP contribution is -2.20. The summed E-state index contributed by atoms with van der Waals surface area (Å²) in [5.41, 5.74) is 0.956. The van der Waals surface area contributed by atoms with E-state index in [1.807, 2.05) is 12.1 Å². The topological polar surface area (TPSA) is 37.3 Å². The van der Waals surface area contributed by atoms with Gasteiger partial charge in [-0.15, -0.1) is 0 Å². The predicted molar refractivity (Wildman–Crippen MR) is 68.6 cm³/mol. The Hall–Kier alpha value is -0.730. The lowest BCUT2D eigenvalue weighted by Gasteiger charge is -2.16. The van der Waals surface area contributed by atoms with E-state index in [0.717, 1.165) is 24.8 Å². The molecule has 17 heavy (non-hydrogen) atoms. The van der Waals surface area contributed by atoms with Crippen molar-refractivity contribution in [2.75, 3.05) is 0 Å². The molecule has 1 N–H and O–H groups in total. The van der Waals surface area contributed by atoms with E-state index in [4.69, 9.17) is 28.3 Å². The van der Waals surface area contributed by atoms with Crippen LogP contribution in [0.25, 0.3) is 0 Å².